The Hall–Kier alpha value is -3.06. The molecule has 0 saturated carbocycles. The van der Waals surface area contributed by atoms with Gasteiger partial charge in [0.2, 0.25) is 11.8 Å². The maximum absolute atomic E-state index is 12.3. The molecule has 144 valence electrons. The van der Waals surface area contributed by atoms with Gasteiger partial charge in [0, 0.05) is 36.4 Å². The average Bonchev–Trinajstić information content (AvgIpc) is 3.09. The fraction of sp³-hybridized carbons (Fsp3) is 0.190. The second kappa shape index (κ2) is 8.75. The summed E-state index contributed by atoms with van der Waals surface area (Å²) in [4.78, 5) is 27.7. The van der Waals surface area contributed by atoms with Gasteiger partial charge in [-0.05, 0) is 61.4 Å². The Bertz CT molecular complexity index is 976. The Labute approximate surface area is 168 Å². The van der Waals surface area contributed by atoms with Gasteiger partial charge in [0.05, 0.1) is 5.75 Å². The highest BCUT2D eigenvalue weighted by atomic mass is 32.2. The van der Waals surface area contributed by atoms with Crippen LogP contribution >= 0.6 is 11.8 Å². The van der Waals surface area contributed by atoms with Crippen molar-refractivity contribution in [2.75, 3.05) is 16.4 Å². The van der Waals surface area contributed by atoms with E-state index in [9.17, 15) is 9.59 Å². The summed E-state index contributed by atoms with van der Waals surface area (Å²) in [6, 6.07) is 13.3. The van der Waals surface area contributed by atoms with Crippen LogP contribution in [0.4, 0.5) is 11.4 Å². The van der Waals surface area contributed by atoms with Gasteiger partial charge in [-0.25, -0.2) is 4.98 Å². The molecule has 0 atom stereocenters. The second-order valence-corrected chi connectivity index (χ2v) is 7.46. The number of amides is 2. The summed E-state index contributed by atoms with van der Waals surface area (Å²) in [7, 11) is 0. The van der Waals surface area contributed by atoms with Crippen molar-refractivity contribution in [3.05, 3.63) is 66.0 Å². The van der Waals surface area contributed by atoms with Crippen LogP contribution in [0.15, 0.2) is 60.0 Å². The number of anilines is 2. The SMILES string of the molecule is CC(=O)Nc1ccc(NC(=O)CSc2nccn2-c2cc(C)cc(C)c2)cc1. The van der Waals surface area contributed by atoms with Gasteiger partial charge in [-0.2, -0.15) is 0 Å². The number of benzene rings is 2. The molecule has 2 aromatic carbocycles. The average molecular weight is 395 g/mol. The lowest BCUT2D eigenvalue weighted by molar-refractivity contribution is -0.114. The lowest BCUT2D eigenvalue weighted by atomic mass is 10.1. The highest BCUT2D eigenvalue weighted by Gasteiger charge is 2.10. The molecule has 2 amide bonds. The van der Waals surface area contributed by atoms with Crippen molar-refractivity contribution in [2.24, 2.45) is 0 Å². The number of hydrogen-bond acceptors (Lipinski definition) is 4. The van der Waals surface area contributed by atoms with Gasteiger partial charge in [0.25, 0.3) is 0 Å². The maximum Gasteiger partial charge on any atom is 0.234 e. The summed E-state index contributed by atoms with van der Waals surface area (Å²) >= 11 is 1.38. The number of rotatable bonds is 6. The van der Waals surface area contributed by atoms with E-state index in [1.807, 2.05) is 10.8 Å². The van der Waals surface area contributed by atoms with Crippen molar-refractivity contribution in [1.29, 1.82) is 0 Å². The van der Waals surface area contributed by atoms with E-state index in [1.165, 1.54) is 29.8 Å². The summed E-state index contributed by atoms with van der Waals surface area (Å²) < 4.78 is 1.99. The molecule has 0 aliphatic rings. The number of nitrogens with zero attached hydrogens (tertiary/aromatic N) is 2. The van der Waals surface area contributed by atoms with Crippen molar-refractivity contribution in [3.8, 4) is 5.69 Å². The Kier molecular flexibility index (Phi) is 6.16. The molecule has 0 aliphatic heterocycles. The number of aryl methyl sites for hydroxylation is 2. The molecule has 2 N–H and O–H groups in total. The predicted molar refractivity (Wildman–Crippen MR) is 113 cm³/mol. The number of hydrogen-bond donors (Lipinski definition) is 2. The normalized spacial score (nSPS) is 10.5. The number of thioether (sulfide) groups is 1. The summed E-state index contributed by atoms with van der Waals surface area (Å²) in [6.07, 6.45) is 3.63. The number of nitrogens with one attached hydrogen (secondary N) is 2. The molecule has 3 aromatic rings. The third kappa shape index (κ3) is 5.23. The van der Waals surface area contributed by atoms with Crippen LogP contribution < -0.4 is 10.6 Å². The summed E-state index contributed by atoms with van der Waals surface area (Å²) in [6.45, 7) is 5.57. The molecule has 0 unspecified atom stereocenters. The molecule has 0 radical (unpaired) electrons. The first-order valence-corrected chi connectivity index (χ1v) is 9.81. The van der Waals surface area contributed by atoms with Gasteiger partial charge in [0.15, 0.2) is 5.16 Å². The second-order valence-electron chi connectivity index (χ2n) is 6.52. The number of imidazole rings is 1. The molecule has 0 spiro atoms. The molecular formula is C21H22N4O2S. The molecule has 6 nitrogen and oxygen atoms in total. The van der Waals surface area contributed by atoms with Gasteiger partial charge in [-0.15, -0.1) is 0 Å². The van der Waals surface area contributed by atoms with Crippen LogP contribution in [0, 0.1) is 13.8 Å². The standard InChI is InChI=1S/C21H22N4O2S/c1-14-10-15(2)12-19(11-14)25-9-8-22-21(25)28-13-20(27)24-18-6-4-17(5-7-18)23-16(3)26/h4-12H,13H2,1-3H3,(H,23,26)(H,24,27). The van der Waals surface area contributed by atoms with Crippen LogP contribution in [0.2, 0.25) is 0 Å². The van der Waals surface area contributed by atoms with E-state index in [0.29, 0.717) is 11.4 Å². The molecule has 7 heteroatoms. The lowest BCUT2D eigenvalue weighted by Crippen LogP contribution is -2.14. The van der Waals surface area contributed by atoms with E-state index < -0.39 is 0 Å². The van der Waals surface area contributed by atoms with Gasteiger partial charge in [-0.1, -0.05) is 17.8 Å². The largest absolute Gasteiger partial charge is 0.326 e. The Morgan fingerprint density at radius 3 is 2.21 bits per heavy atom. The first-order valence-electron chi connectivity index (χ1n) is 8.83. The van der Waals surface area contributed by atoms with Gasteiger partial charge in [-0.3, -0.25) is 14.2 Å². The predicted octanol–water partition coefficient (Wildman–Crippen LogP) is 4.18. The molecule has 1 heterocycles. The summed E-state index contributed by atoms with van der Waals surface area (Å²) in [5.41, 5.74) is 4.76. The van der Waals surface area contributed by atoms with Crippen molar-refractivity contribution < 1.29 is 9.59 Å². The number of carbonyl (C=O) groups is 2. The van der Waals surface area contributed by atoms with E-state index in [-0.39, 0.29) is 17.6 Å². The summed E-state index contributed by atoms with van der Waals surface area (Å²) in [5.74, 6) is -0.00494. The molecule has 28 heavy (non-hydrogen) atoms. The van der Waals surface area contributed by atoms with Crippen LogP contribution in [-0.2, 0) is 9.59 Å². The van der Waals surface area contributed by atoms with Crippen molar-refractivity contribution in [1.82, 2.24) is 9.55 Å². The molecular weight excluding hydrogens is 372 g/mol. The van der Waals surface area contributed by atoms with Crippen LogP contribution in [0.3, 0.4) is 0 Å². The molecule has 1 aromatic heterocycles. The fourth-order valence-electron chi connectivity index (χ4n) is 2.85. The topological polar surface area (TPSA) is 76.0 Å². The molecule has 0 fully saturated rings. The fourth-order valence-corrected chi connectivity index (χ4v) is 3.62. The zero-order valence-electron chi connectivity index (χ0n) is 16.0. The van der Waals surface area contributed by atoms with E-state index >= 15 is 0 Å². The first-order chi connectivity index (χ1) is 13.4. The molecule has 0 saturated heterocycles. The Morgan fingerprint density at radius 1 is 1.00 bits per heavy atom. The zero-order valence-corrected chi connectivity index (χ0v) is 16.8. The number of carbonyl (C=O) groups excluding carboxylic acids is 2. The van der Waals surface area contributed by atoms with Crippen molar-refractivity contribution in [3.63, 3.8) is 0 Å². The Balaban J connectivity index is 1.61. The molecule has 3 rings (SSSR count). The Morgan fingerprint density at radius 2 is 1.61 bits per heavy atom. The quantitative estimate of drug-likeness (QED) is 0.615. The van der Waals surface area contributed by atoms with Crippen LogP contribution in [0.25, 0.3) is 5.69 Å². The zero-order chi connectivity index (χ0) is 20.1. The van der Waals surface area contributed by atoms with Crippen LogP contribution in [-0.4, -0.2) is 27.1 Å². The van der Waals surface area contributed by atoms with Crippen molar-refractivity contribution >= 4 is 35.0 Å². The smallest absolute Gasteiger partial charge is 0.234 e. The monoisotopic (exact) mass is 394 g/mol. The van der Waals surface area contributed by atoms with Crippen LogP contribution in [0.1, 0.15) is 18.1 Å². The van der Waals surface area contributed by atoms with Crippen LogP contribution in [0.5, 0.6) is 0 Å². The first kappa shape index (κ1) is 19.7. The lowest BCUT2D eigenvalue weighted by Gasteiger charge is -2.10. The van der Waals surface area contributed by atoms with Gasteiger partial charge < -0.3 is 10.6 Å². The molecule has 0 aliphatic carbocycles. The van der Waals surface area contributed by atoms with E-state index in [0.717, 1.165) is 10.8 Å². The third-order valence-electron chi connectivity index (χ3n) is 3.91. The maximum atomic E-state index is 12.3. The minimum absolute atomic E-state index is 0.118. The highest BCUT2D eigenvalue weighted by Crippen LogP contribution is 2.22. The molecule has 0 bridgehead atoms. The third-order valence-corrected chi connectivity index (χ3v) is 4.88. The van der Waals surface area contributed by atoms with Gasteiger partial charge >= 0.3 is 0 Å². The van der Waals surface area contributed by atoms with E-state index in [1.54, 1.807) is 30.5 Å². The van der Waals surface area contributed by atoms with E-state index in [2.05, 4.69) is 47.7 Å². The minimum Gasteiger partial charge on any atom is -0.326 e. The highest BCUT2D eigenvalue weighted by molar-refractivity contribution is 7.99. The van der Waals surface area contributed by atoms with Crippen molar-refractivity contribution in [2.45, 2.75) is 25.9 Å². The summed E-state index contributed by atoms with van der Waals surface area (Å²) in [5, 5.41) is 6.31. The number of aromatic nitrogens is 2. The van der Waals surface area contributed by atoms with E-state index in [4.69, 9.17) is 0 Å². The van der Waals surface area contributed by atoms with Gasteiger partial charge in [0.1, 0.15) is 0 Å². The minimum atomic E-state index is -0.132.